The second-order valence-electron chi connectivity index (χ2n) is 7.64. The smallest absolute Gasteiger partial charge is 0.332 e. The second kappa shape index (κ2) is 7.70. The molecule has 168 valence electrons. The van der Waals surface area contributed by atoms with Crippen molar-refractivity contribution in [3.8, 4) is 28.4 Å². The van der Waals surface area contributed by atoms with Crippen molar-refractivity contribution >= 4 is 16.9 Å². The Labute approximate surface area is 188 Å². The van der Waals surface area contributed by atoms with E-state index in [0.717, 1.165) is 27.3 Å². The van der Waals surface area contributed by atoms with Crippen LogP contribution in [0.3, 0.4) is 0 Å². The van der Waals surface area contributed by atoms with E-state index in [9.17, 15) is 9.59 Å². The van der Waals surface area contributed by atoms with Crippen molar-refractivity contribution in [1.82, 2.24) is 23.1 Å². The first-order valence-corrected chi connectivity index (χ1v) is 10.5. The summed E-state index contributed by atoms with van der Waals surface area (Å²) < 4.78 is 17.3. The van der Waals surface area contributed by atoms with Gasteiger partial charge in [0.15, 0.2) is 11.2 Å². The largest absolute Gasteiger partial charge is 0.495 e. The Morgan fingerprint density at radius 2 is 1.70 bits per heavy atom. The van der Waals surface area contributed by atoms with Gasteiger partial charge in [-0.3, -0.25) is 22.9 Å². The van der Waals surface area contributed by atoms with Gasteiger partial charge >= 0.3 is 5.69 Å². The lowest BCUT2D eigenvalue weighted by Crippen LogP contribution is -2.37. The Morgan fingerprint density at radius 1 is 0.970 bits per heavy atom. The highest BCUT2D eigenvalue weighted by Gasteiger charge is 2.23. The normalized spacial score (nSPS) is 11.4. The second-order valence-corrected chi connectivity index (χ2v) is 7.64. The first-order chi connectivity index (χ1) is 16.0. The van der Waals surface area contributed by atoms with E-state index >= 15 is 0 Å². The number of nitrogens with zero attached hydrogens (tertiary/aromatic N) is 5. The molecule has 2 aromatic carbocycles. The average Bonchev–Trinajstić information content (AvgIpc) is 3.38. The van der Waals surface area contributed by atoms with Crippen molar-refractivity contribution in [3.05, 3.63) is 75.6 Å². The Morgan fingerprint density at radius 3 is 2.39 bits per heavy atom. The van der Waals surface area contributed by atoms with Crippen LogP contribution in [0.15, 0.2) is 64.3 Å². The van der Waals surface area contributed by atoms with Crippen LogP contribution in [-0.2, 0) is 14.1 Å². The van der Waals surface area contributed by atoms with Gasteiger partial charge in [0, 0.05) is 25.9 Å². The van der Waals surface area contributed by atoms with Crippen molar-refractivity contribution in [2.45, 2.75) is 6.92 Å². The van der Waals surface area contributed by atoms with Gasteiger partial charge in [-0.15, -0.1) is 0 Å². The zero-order valence-electron chi connectivity index (χ0n) is 18.8. The lowest BCUT2D eigenvalue weighted by molar-refractivity contribution is 0.340. The summed E-state index contributed by atoms with van der Waals surface area (Å²) in [5.41, 5.74) is 2.29. The van der Waals surface area contributed by atoms with Gasteiger partial charge < -0.3 is 9.47 Å². The lowest BCUT2D eigenvalue weighted by atomic mass is 10.1. The van der Waals surface area contributed by atoms with Crippen LogP contribution in [-0.4, -0.2) is 36.8 Å². The van der Waals surface area contributed by atoms with Crippen LogP contribution in [0.1, 0.15) is 6.92 Å². The van der Waals surface area contributed by atoms with Crippen LogP contribution < -0.4 is 20.7 Å². The van der Waals surface area contributed by atoms with E-state index < -0.39 is 11.2 Å². The molecule has 0 amide bonds. The monoisotopic (exact) mass is 445 g/mol. The zero-order valence-corrected chi connectivity index (χ0v) is 18.8. The molecule has 0 fully saturated rings. The molecule has 0 N–H and O–H groups in total. The quantitative estimate of drug-likeness (QED) is 0.415. The zero-order chi connectivity index (χ0) is 23.3. The Kier molecular flexibility index (Phi) is 4.81. The van der Waals surface area contributed by atoms with Crippen molar-refractivity contribution in [2.24, 2.45) is 14.1 Å². The maximum absolute atomic E-state index is 13.0. The lowest BCUT2D eigenvalue weighted by Gasteiger charge is -2.13. The molecule has 0 saturated carbocycles. The number of rotatable bonds is 5. The molecule has 5 rings (SSSR count). The fourth-order valence-corrected chi connectivity index (χ4v) is 4.12. The van der Waals surface area contributed by atoms with Crippen LogP contribution in [0.5, 0.6) is 11.5 Å². The molecule has 0 atom stereocenters. The molecule has 3 aromatic heterocycles. The summed E-state index contributed by atoms with van der Waals surface area (Å²) in [5, 5.41) is 0. The van der Waals surface area contributed by atoms with Crippen LogP contribution in [0.25, 0.3) is 33.9 Å². The van der Waals surface area contributed by atoms with Gasteiger partial charge in [0.2, 0.25) is 5.78 Å². The SMILES string of the molecule is CCOc1ccc(-c2cn3c4c(=O)n(C)c(=O)n(C)c4nc3n2-c2ccccc2OC)cc1. The third kappa shape index (κ3) is 3.04. The van der Waals surface area contributed by atoms with Gasteiger partial charge in [0.25, 0.3) is 5.56 Å². The van der Waals surface area contributed by atoms with Crippen LogP contribution in [0, 0.1) is 0 Å². The molecule has 5 aromatic rings. The van der Waals surface area contributed by atoms with Crippen LogP contribution in [0.4, 0.5) is 0 Å². The number of hydrogen-bond donors (Lipinski definition) is 0. The van der Waals surface area contributed by atoms with Gasteiger partial charge in [-0.2, -0.15) is 4.98 Å². The minimum Gasteiger partial charge on any atom is -0.495 e. The Hall–Kier alpha value is -4.27. The van der Waals surface area contributed by atoms with Gasteiger partial charge in [0.1, 0.15) is 11.5 Å². The molecule has 0 saturated heterocycles. The minimum absolute atomic E-state index is 0.319. The molecule has 0 aliphatic heterocycles. The molecule has 0 aliphatic carbocycles. The summed E-state index contributed by atoms with van der Waals surface area (Å²) in [6, 6.07) is 15.3. The maximum atomic E-state index is 13.0. The third-order valence-corrected chi connectivity index (χ3v) is 5.75. The molecular formula is C24H23N5O4. The molecule has 9 heteroatoms. The first-order valence-electron chi connectivity index (χ1n) is 10.5. The van der Waals surface area contributed by atoms with E-state index in [-0.39, 0.29) is 0 Å². The van der Waals surface area contributed by atoms with E-state index in [4.69, 9.17) is 14.5 Å². The van der Waals surface area contributed by atoms with Crippen LogP contribution >= 0.6 is 0 Å². The molecule has 0 spiro atoms. The van der Waals surface area contributed by atoms with Gasteiger partial charge in [0.05, 0.1) is 25.1 Å². The average molecular weight is 445 g/mol. The number of aromatic nitrogens is 5. The summed E-state index contributed by atoms with van der Waals surface area (Å²) >= 11 is 0. The number of imidazole rings is 2. The van der Waals surface area contributed by atoms with Gasteiger partial charge in [-0.25, -0.2) is 4.79 Å². The fraction of sp³-hybridized carbons (Fsp3) is 0.208. The molecule has 9 nitrogen and oxygen atoms in total. The number of fused-ring (bicyclic) bond motifs is 3. The van der Waals surface area contributed by atoms with Crippen LogP contribution in [0.2, 0.25) is 0 Å². The fourth-order valence-electron chi connectivity index (χ4n) is 4.12. The predicted molar refractivity (Wildman–Crippen MR) is 126 cm³/mol. The highest BCUT2D eigenvalue weighted by Crippen LogP contribution is 2.33. The van der Waals surface area contributed by atoms with Crippen molar-refractivity contribution in [3.63, 3.8) is 0 Å². The molecule has 0 bridgehead atoms. The molecule has 0 aliphatic rings. The number of hydrogen-bond acceptors (Lipinski definition) is 5. The summed E-state index contributed by atoms with van der Waals surface area (Å²) in [4.78, 5) is 30.2. The van der Waals surface area contributed by atoms with E-state index in [1.165, 1.54) is 11.6 Å². The van der Waals surface area contributed by atoms with E-state index in [2.05, 4.69) is 0 Å². The van der Waals surface area contributed by atoms with E-state index in [0.29, 0.717) is 29.3 Å². The Bertz CT molecular complexity index is 1620. The number of methoxy groups -OCH3 is 1. The summed E-state index contributed by atoms with van der Waals surface area (Å²) in [7, 11) is 4.68. The Balaban J connectivity index is 1.90. The highest BCUT2D eigenvalue weighted by molar-refractivity contribution is 5.80. The topological polar surface area (TPSA) is 84.7 Å². The van der Waals surface area contributed by atoms with E-state index in [1.54, 1.807) is 18.6 Å². The number of ether oxygens (including phenoxy) is 2. The predicted octanol–water partition coefficient (Wildman–Crippen LogP) is 2.75. The van der Waals surface area contributed by atoms with Gasteiger partial charge in [-0.1, -0.05) is 12.1 Å². The van der Waals surface area contributed by atoms with Crippen molar-refractivity contribution < 1.29 is 9.47 Å². The van der Waals surface area contributed by atoms with Crippen molar-refractivity contribution in [2.75, 3.05) is 13.7 Å². The first kappa shape index (κ1) is 20.6. The number of para-hydroxylation sites is 2. The molecule has 33 heavy (non-hydrogen) atoms. The van der Waals surface area contributed by atoms with Gasteiger partial charge in [-0.05, 0) is 43.3 Å². The molecule has 0 radical (unpaired) electrons. The number of benzene rings is 2. The summed E-state index contributed by atoms with van der Waals surface area (Å²) in [6.07, 6.45) is 1.86. The third-order valence-electron chi connectivity index (χ3n) is 5.75. The molecule has 0 unspecified atom stereocenters. The van der Waals surface area contributed by atoms with Crippen molar-refractivity contribution in [1.29, 1.82) is 0 Å². The number of aryl methyl sites for hydroxylation is 1. The maximum Gasteiger partial charge on any atom is 0.332 e. The minimum atomic E-state index is -0.427. The highest BCUT2D eigenvalue weighted by atomic mass is 16.5. The molecular weight excluding hydrogens is 422 g/mol. The van der Waals surface area contributed by atoms with E-state index in [1.807, 2.05) is 66.2 Å². The summed E-state index contributed by atoms with van der Waals surface area (Å²) in [5.74, 6) is 1.92. The standard InChI is InChI=1S/C24H23N5O4/c1-5-33-16-12-10-15(11-13-16)18-14-28-20-21(26(2)24(31)27(3)22(20)30)25-23(28)29(18)17-8-6-7-9-19(17)32-4/h6-14H,5H2,1-4H3. The summed E-state index contributed by atoms with van der Waals surface area (Å²) in [6.45, 7) is 2.52. The molecule has 3 heterocycles.